The van der Waals surface area contributed by atoms with E-state index in [9.17, 15) is 14.4 Å². The SMILES string of the molecule is O=C(CS)CCCCC(=O)N1CCN(CC(=O)N2c3ccccc32)CC1. The van der Waals surface area contributed by atoms with Crippen LogP contribution in [0.2, 0.25) is 0 Å². The highest BCUT2D eigenvalue weighted by atomic mass is 32.1. The number of nitrogens with zero attached hydrogens (tertiary/aromatic N) is 3. The van der Waals surface area contributed by atoms with Crippen molar-refractivity contribution in [2.24, 2.45) is 0 Å². The van der Waals surface area contributed by atoms with Crippen molar-refractivity contribution in [3.05, 3.63) is 24.3 Å². The van der Waals surface area contributed by atoms with Gasteiger partial charge in [-0.2, -0.15) is 12.6 Å². The van der Waals surface area contributed by atoms with Gasteiger partial charge in [0.15, 0.2) is 0 Å². The number of ketones is 1. The van der Waals surface area contributed by atoms with Crippen LogP contribution in [0.5, 0.6) is 0 Å². The van der Waals surface area contributed by atoms with Crippen molar-refractivity contribution < 1.29 is 14.4 Å². The molecule has 0 saturated carbocycles. The number of fused-ring (bicyclic) bond motifs is 1. The average Bonchev–Trinajstić information content (AvgIpc) is 3.40. The zero-order valence-corrected chi connectivity index (χ0v) is 15.8. The summed E-state index contributed by atoms with van der Waals surface area (Å²) < 4.78 is 0. The average molecular weight is 375 g/mol. The van der Waals surface area contributed by atoms with Gasteiger partial charge in [-0.25, -0.2) is 0 Å². The van der Waals surface area contributed by atoms with Crippen LogP contribution in [0.15, 0.2) is 24.3 Å². The lowest BCUT2D eigenvalue weighted by Crippen LogP contribution is -2.50. The number of Topliss-reactive ketones (excluding diaryl/α,β-unsaturated/α-hetero) is 1. The van der Waals surface area contributed by atoms with Crippen LogP contribution in [-0.2, 0) is 14.4 Å². The first kappa shape index (κ1) is 18.9. The van der Waals surface area contributed by atoms with Crippen LogP contribution in [0.3, 0.4) is 0 Å². The van der Waals surface area contributed by atoms with Gasteiger partial charge in [0, 0.05) is 44.8 Å². The molecule has 2 amide bonds. The van der Waals surface area contributed by atoms with Crippen LogP contribution in [-0.4, -0.2) is 65.9 Å². The van der Waals surface area contributed by atoms with E-state index in [0.29, 0.717) is 32.5 Å². The minimum Gasteiger partial charge on any atom is -0.340 e. The van der Waals surface area contributed by atoms with Crippen LogP contribution >= 0.6 is 12.6 Å². The molecule has 0 aliphatic carbocycles. The number of para-hydroxylation sites is 2. The molecule has 1 aromatic rings. The number of rotatable bonds is 8. The van der Waals surface area contributed by atoms with Gasteiger partial charge >= 0.3 is 0 Å². The molecular weight excluding hydrogens is 350 g/mol. The summed E-state index contributed by atoms with van der Waals surface area (Å²) >= 11 is 3.95. The summed E-state index contributed by atoms with van der Waals surface area (Å²) in [6.45, 7) is 3.16. The Morgan fingerprint density at radius 3 is 2.12 bits per heavy atom. The number of piperazine rings is 1. The van der Waals surface area contributed by atoms with E-state index in [1.807, 2.05) is 29.2 Å². The van der Waals surface area contributed by atoms with E-state index in [-0.39, 0.29) is 23.4 Å². The summed E-state index contributed by atoms with van der Waals surface area (Å²) in [6.07, 6.45) is 2.48. The highest BCUT2D eigenvalue weighted by Crippen LogP contribution is 2.47. The Labute approximate surface area is 159 Å². The Balaban J connectivity index is 1.33. The maximum absolute atomic E-state index is 12.4. The van der Waals surface area contributed by atoms with Gasteiger partial charge in [0.2, 0.25) is 11.8 Å². The summed E-state index contributed by atoms with van der Waals surface area (Å²) in [6, 6.07) is 7.77. The lowest BCUT2D eigenvalue weighted by Gasteiger charge is -2.34. The van der Waals surface area contributed by atoms with E-state index < -0.39 is 0 Å². The van der Waals surface area contributed by atoms with Gasteiger partial charge in [-0.1, -0.05) is 12.1 Å². The van der Waals surface area contributed by atoms with E-state index in [2.05, 4.69) is 17.5 Å². The highest BCUT2D eigenvalue weighted by molar-refractivity contribution is 7.81. The van der Waals surface area contributed by atoms with Crippen LogP contribution in [0.4, 0.5) is 11.4 Å². The van der Waals surface area contributed by atoms with Crippen molar-refractivity contribution in [1.82, 2.24) is 9.80 Å². The number of thiol groups is 1. The van der Waals surface area contributed by atoms with Crippen LogP contribution in [0.25, 0.3) is 0 Å². The van der Waals surface area contributed by atoms with Crippen molar-refractivity contribution in [3.63, 3.8) is 0 Å². The Kier molecular flexibility index (Phi) is 6.32. The van der Waals surface area contributed by atoms with Crippen molar-refractivity contribution >= 4 is 41.6 Å². The van der Waals surface area contributed by atoms with Crippen molar-refractivity contribution in [3.8, 4) is 0 Å². The molecule has 0 N–H and O–H groups in total. The van der Waals surface area contributed by atoms with E-state index in [0.717, 1.165) is 37.3 Å². The first-order valence-electron chi connectivity index (χ1n) is 9.15. The van der Waals surface area contributed by atoms with Crippen molar-refractivity contribution in [2.45, 2.75) is 25.7 Å². The summed E-state index contributed by atoms with van der Waals surface area (Å²) in [4.78, 5) is 41.5. The van der Waals surface area contributed by atoms with Crippen molar-refractivity contribution in [2.75, 3.05) is 43.4 Å². The second-order valence-electron chi connectivity index (χ2n) is 6.78. The zero-order valence-electron chi connectivity index (χ0n) is 14.9. The maximum Gasteiger partial charge on any atom is 0.245 e. The van der Waals surface area contributed by atoms with E-state index in [1.165, 1.54) is 0 Å². The summed E-state index contributed by atoms with van der Waals surface area (Å²) in [5.41, 5.74) is 2.01. The predicted molar refractivity (Wildman–Crippen MR) is 104 cm³/mol. The summed E-state index contributed by atoms with van der Waals surface area (Å²) in [7, 11) is 0. The van der Waals surface area contributed by atoms with Gasteiger partial charge in [-0.05, 0) is 25.0 Å². The third kappa shape index (κ3) is 4.65. The Hall–Kier alpha value is -1.86. The predicted octanol–water partition coefficient (Wildman–Crippen LogP) is 1.87. The number of unbranched alkanes of at least 4 members (excludes halogenated alkanes) is 1. The molecule has 140 valence electrons. The zero-order chi connectivity index (χ0) is 18.5. The summed E-state index contributed by atoms with van der Waals surface area (Å²) in [5.74, 6) is 0.650. The third-order valence-electron chi connectivity index (χ3n) is 4.92. The lowest BCUT2D eigenvalue weighted by molar-refractivity contribution is -0.133. The minimum absolute atomic E-state index is 0.0971. The molecule has 7 heteroatoms. The molecule has 1 fully saturated rings. The fraction of sp³-hybridized carbons (Fsp3) is 0.526. The molecule has 0 aromatic heterocycles. The van der Waals surface area contributed by atoms with Crippen LogP contribution in [0, 0.1) is 0 Å². The van der Waals surface area contributed by atoms with Gasteiger partial charge in [0.1, 0.15) is 5.78 Å². The number of hydrogen-bond acceptors (Lipinski definition) is 5. The molecule has 2 heterocycles. The Morgan fingerprint density at radius 2 is 1.50 bits per heavy atom. The Bertz CT molecular complexity index is 663. The Morgan fingerprint density at radius 1 is 0.885 bits per heavy atom. The van der Waals surface area contributed by atoms with Crippen LogP contribution < -0.4 is 4.90 Å². The van der Waals surface area contributed by atoms with E-state index >= 15 is 0 Å². The second kappa shape index (κ2) is 8.68. The molecule has 0 unspecified atom stereocenters. The molecule has 0 atom stereocenters. The molecule has 3 rings (SSSR count). The molecule has 2 aliphatic heterocycles. The highest BCUT2D eigenvalue weighted by Gasteiger charge is 2.35. The fourth-order valence-electron chi connectivity index (χ4n) is 3.33. The number of carbonyl (C=O) groups excluding carboxylic acids is 3. The molecule has 0 radical (unpaired) electrons. The molecule has 1 aromatic carbocycles. The molecule has 1 saturated heterocycles. The smallest absolute Gasteiger partial charge is 0.245 e. The second-order valence-corrected chi connectivity index (χ2v) is 7.09. The topological polar surface area (TPSA) is 60.7 Å². The van der Waals surface area contributed by atoms with Gasteiger partial charge < -0.3 is 4.90 Å². The van der Waals surface area contributed by atoms with Gasteiger partial charge in [0.25, 0.3) is 0 Å². The monoisotopic (exact) mass is 375 g/mol. The fourth-order valence-corrected chi connectivity index (χ4v) is 3.48. The third-order valence-corrected chi connectivity index (χ3v) is 5.27. The molecule has 2 aliphatic rings. The standard InChI is InChI=1S/C19H25N3O3S/c23-15(14-26)5-1-4-8-18(24)21-11-9-20(10-12-21)13-19(25)22-16-6-2-3-7-17(16)22/h2-3,6-7,26H,1,4-5,8-14H2. The number of hydrogen-bond donors (Lipinski definition) is 1. The number of carbonyl (C=O) groups is 3. The quantitative estimate of drug-likeness (QED) is 0.428. The number of anilines is 2. The van der Waals surface area contributed by atoms with Gasteiger partial charge in [-0.3, -0.25) is 24.2 Å². The van der Waals surface area contributed by atoms with E-state index in [4.69, 9.17) is 0 Å². The number of benzene rings is 1. The first-order chi connectivity index (χ1) is 12.6. The van der Waals surface area contributed by atoms with Crippen molar-refractivity contribution in [1.29, 1.82) is 0 Å². The molecule has 0 spiro atoms. The van der Waals surface area contributed by atoms with Gasteiger partial charge in [0.05, 0.1) is 17.9 Å². The largest absolute Gasteiger partial charge is 0.340 e. The first-order valence-corrected chi connectivity index (χ1v) is 9.78. The maximum atomic E-state index is 12.4. The van der Waals surface area contributed by atoms with Gasteiger partial charge in [-0.15, -0.1) is 0 Å². The summed E-state index contributed by atoms with van der Waals surface area (Å²) in [5, 5.41) is 0. The number of amides is 2. The molecule has 6 nitrogen and oxygen atoms in total. The van der Waals surface area contributed by atoms with Crippen LogP contribution in [0.1, 0.15) is 25.7 Å². The minimum atomic E-state index is 0.0971. The molecule has 26 heavy (non-hydrogen) atoms. The lowest BCUT2D eigenvalue weighted by atomic mass is 10.1. The molecular formula is C19H25N3O3S. The molecule has 0 bridgehead atoms. The van der Waals surface area contributed by atoms with E-state index in [1.54, 1.807) is 4.90 Å². The normalized spacial score (nSPS) is 16.3.